The van der Waals surface area contributed by atoms with Gasteiger partial charge in [0.15, 0.2) is 0 Å². The lowest BCUT2D eigenvalue weighted by atomic mass is 9.99. The molecule has 1 aromatic carbocycles. The van der Waals surface area contributed by atoms with E-state index in [0.717, 1.165) is 21.6 Å². The van der Waals surface area contributed by atoms with Crippen LogP contribution in [0, 0.1) is 17.2 Å². The highest BCUT2D eigenvalue weighted by Gasteiger charge is 2.50. The summed E-state index contributed by atoms with van der Waals surface area (Å²) >= 11 is 0. The van der Waals surface area contributed by atoms with E-state index in [4.69, 9.17) is 0 Å². The Bertz CT molecular complexity index is 1200. The summed E-state index contributed by atoms with van der Waals surface area (Å²) in [6, 6.07) is 5.61. The Labute approximate surface area is 232 Å². The second kappa shape index (κ2) is 12.3. The lowest BCUT2D eigenvalue weighted by Crippen LogP contribution is -2.46. The van der Waals surface area contributed by atoms with Gasteiger partial charge in [-0.25, -0.2) is 8.78 Å². The van der Waals surface area contributed by atoms with Crippen molar-refractivity contribution in [3.8, 4) is 6.07 Å². The molecular formula is C28H36F2N6O4. The number of benzene rings is 1. The number of halogens is 2. The number of alkyl halides is 2. The van der Waals surface area contributed by atoms with Crippen molar-refractivity contribution in [1.82, 2.24) is 25.8 Å². The van der Waals surface area contributed by atoms with E-state index in [1.165, 1.54) is 0 Å². The number of nitrogens with zero attached hydrogens (tertiary/aromatic N) is 3. The molecule has 3 aliphatic rings. The molecule has 0 spiro atoms. The number of carbonyl (C=O) groups is 4. The first-order chi connectivity index (χ1) is 19.0. The molecule has 2 saturated heterocycles. The maximum atomic E-state index is 13.8. The molecule has 0 bridgehead atoms. The third kappa shape index (κ3) is 6.94. The summed E-state index contributed by atoms with van der Waals surface area (Å²) < 4.78 is 27.6. The van der Waals surface area contributed by atoms with Crippen molar-refractivity contribution in [3.05, 3.63) is 34.9 Å². The highest BCUT2D eigenvalue weighted by Crippen LogP contribution is 2.34. The Kier molecular flexibility index (Phi) is 9.03. The van der Waals surface area contributed by atoms with E-state index in [9.17, 15) is 33.2 Å². The van der Waals surface area contributed by atoms with Crippen LogP contribution < -0.4 is 16.0 Å². The molecule has 0 aliphatic carbocycles. The Morgan fingerprint density at radius 1 is 1.23 bits per heavy atom. The molecule has 0 radical (unpaired) electrons. The molecule has 0 saturated carbocycles. The zero-order valence-electron chi connectivity index (χ0n) is 22.8. The summed E-state index contributed by atoms with van der Waals surface area (Å²) in [6.45, 7) is 5.23. The Hall–Kier alpha value is -3.59. The van der Waals surface area contributed by atoms with E-state index < -0.39 is 48.7 Å². The topological polar surface area (TPSA) is 135 Å². The highest BCUT2D eigenvalue weighted by atomic mass is 19.3. The van der Waals surface area contributed by atoms with Crippen molar-refractivity contribution in [2.45, 2.75) is 83.1 Å². The van der Waals surface area contributed by atoms with Gasteiger partial charge >= 0.3 is 0 Å². The Morgan fingerprint density at radius 3 is 2.73 bits per heavy atom. The number of nitrogens with one attached hydrogen (secondary N) is 3. The number of nitriles is 1. The maximum Gasteiger partial charge on any atom is 0.268 e. The van der Waals surface area contributed by atoms with Crippen molar-refractivity contribution in [2.75, 3.05) is 19.6 Å². The number of fused-ring (bicyclic) bond motifs is 1. The largest absolute Gasteiger partial charge is 0.355 e. The number of carbonyl (C=O) groups excluding carboxylic acids is 4. The zero-order valence-corrected chi connectivity index (χ0v) is 22.8. The number of likely N-dealkylation sites (tertiary alicyclic amines) is 1. The van der Waals surface area contributed by atoms with Crippen LogP contribution in [-0.2, 0) is 38.7 Å². The zero-order chi connectivity index (χ0) is 29.0. The minimum absolute atomic E-state index is 0.0114. The molecule has 0 unspecified atom stereocenters. The first-order valence-electron chi connectivity index (χ1n) is 13.7. The van der Waals surface area contributed by atoms with Gasteiger partial charge in [-0.15, -0.1) is 0 Å². The van der Waals surface area contributed by atoms with Gasteiger partial charge in [-0.1, -0.05) is 32.0 Å². The van der Waals surface area contributed by atoms with E-state index in [2.05, 4.69) is 16.0 Å². The third-order valence-electron chi connectivity index (χ3n) is 7.68. The van der Waals surface area contributed by atoms with Crippen molar-refractivity contribution < 1.29 is 28.0 Å². The van der Waals surface area contributed by atoms with Gasteiger partial charge in [0.05, 0.1) is 12.6 Å². The number of amides is 4. The normalized spacial score (nSPS) is 23.2. The standard InChI is InChI=1S/C28H36F2N6O4/c1-17(2)32-8-9-33-24(37)7-6-18-4-3-5-19-14-35(15-22(18)19)25(38)11-20-10-23(34-26(20)39)27(40)36-16-28(29,30)12-21(36)13-31/h3-5,17,20-21,23,32H,6-12,14-16H2,1-2H3,(H,33,37)(H,34,39)/t20-,21-,23-/m0/s1. The fraction of sp³-hybridized carbons (Fsp3) is 0.607. The van der Waals surface area contributed by atoms with Crippen molar-refractivity contribution in [3.63, 3.8) is 0 Å². The first-order valence-corrected chi connectivity index (χ1v) is 13.7. The van der Waals surface area contributed by atoms with E-state index in [1.807, 2.05) is 32.0 Å². The SMILES string of the molecule is CC(C)NCCNC(=O)CCc1cccc2c1CN(C(=O)C[C@@H]1C[C@@H](C(=O)N3CC(F)(F)C[C@H]3C#N)NC1=O)C2. The number of hydrogen-bond donors (Lipinski definition) is 3. The average Bonchev–Trinajstić information content (AvgIpc) is 3.59. The minimum Gasteiger partial charge on any atom is -0.355 e. The van der Waals surface area contributed by atoms with E-state index >= 15 is 0 Å². The fourth-order valence-corrected chi connectivity index (χ4v) is 5.58. The molecule has 216 valence electrons. The number of hydrogen-bond acceptors (Lipinski definition) is 6. The van der Waals surface area contributed by atoms with Crippen LogP contribution in [0.2, 0.25) is 0 Å². The molecule has 3 atom stereocenters. The summed E-state index contributed by atoms with van der Waals surface area (Å²) in [5.74, 6) is -5.38. The summed E-state index contributed by atoms with van der Waals surface area (Å²) in [6.07, 6.45) is 0.0545. The summed E-state index contributed by atoms with van der Waals surface area (Å²) in [5, 5.41) is 17.9. The lowest BCUT2D eigenvalue weighted by molar-refractivity contribution is -0.135. The Morgan fingerprint density at radius 2 is 2.00 bits per heavy atom. The second-order valence-electron chi connectivity index (χ2n) is 11.1. The molecule has 4 amide bonds. The lowest BCUT2D eigenvalue weighted by Gasteiger charge is -2.22. The molecule has 3 heterocycles. The molecular weight excluding hydrogens is 522 g/mol. The third-order valence-corrected chi connectivity index (χ3v) is 7.68. The van der Waals surface area contributed by atoms with Gasteiger partial charge in [-0.05, 0) is 29.5 Å². The van der Waals surface area contributed by atoms with Gasteiger partial charge in [-0.3, -0.25) is 19.2 Å². The van der Waals surface area contributed by atoms with Crippen LogP contribution in [0.25, 0.3) is 0 Å². The van der Waals surface area contributed by atoms with E-state index in [0.29, 0.717) is 45.1 Å². The van der Waals surface area contributed by atoms with Crippen LogP contribution >= 0.6 is 0 Å². The van der Waals surface area contributed by atoms with Crippen molar-refractivity contribution in [2.24, 2.45) is 5.92 Å². The van der Waals surface area contributed by atoms with Gasteiger partial charge in [-0.2, -0.15) is 5.26 Å². The van der Waals surface area contributed by atoms with Crippen LogP contribution in [0.4, 0.5) is 8.78 Å². The molecule has 4 rings (SSSR count). The van der Waals surface area contributed by atoms with Gasteiger partial charge in [0, 0.05) is 57.4 Å². The van der Waals surface area contributed by atoms with Crippen LogP contribution in [0.3, 0.4) is 0 Å². The summed E-state index contributed by atoms with van der Waals surface area (Å²) in [4.78, 5) is 53.3. The smallest absolute Gasteiger partial charge is 0.268 e. The molecule has 2 fully saturated rings. The predicted octanol–water partition coefficient (Wildman–Crippen LogP) is 1.23. The molecule has 3 N–H and O–H groups in total. The number of rotatable bonds is 10. The van der Waals surface area contributed by atoms with Crippen LogP contribution in [-0.4, -0.2) is 77.1 Å². The van der Waals surface area contributed by atoms with Crippen LogP contribution in [0.5, 0.6) is 0 Å². The molecule has 0 aromatic heterocycles. The van der Waals surface area contributed by atoms with Crippen molar-refractivity contribution >= 4 is 23.6 Å². The van der Waals surface area contributed by atoms with Gasteiger partial charge < -0.3 is 25.8 Å². The molecule has 1 aromatic rings. The summed E-state index contributed by atoms with van der Waals surface area (Å²) in [5.41, 5.74) is 3.00. The van der Waals surface area contributed by atoms with Gasteiger partial charge in [0.2, 0.25) is 23.6 Å². The molecule has 40 heavy (non-hydrogen) atoms. The first kappa shape index (κ1) is 29.4. The fourth-order valence-electron chi connectivity index (χ4n) is 5.58. The van der Waals surface area contributed by atoms with E-state index in [1.54, 1.807) is 11.0 Å². The molecule has 3 aliphatic heterocycles. The highest BCUT2D eigenvalue weighted by molar-refractivity contribution is 5.94. The second-order valence-corrected chi connectivity index (χ2v) is 11.1. The monoisotopic (exact) mass is 558 g/mol. The minimum atomic E-state index is -3.15. The van der Waals surface area contributed by atoms with Gasteiger partial charge in [0.1, 0.15) is 12.1 Å². The average molecular weight is 559 g/mol. The molecule has 10 nitrogen and oxygen atoms in total. The molecule has 12 heteroatoms. The predicted molar refractivity (Wildman–Crippen MR) is 140 cm³/mol. The van der Waals surface area contributed by atoms with Crippen LogP contribution in [0.15, 0.2) is 18.2 Å². The Balaban J connectivity index is 1.28. The summed E-state index contributed by atoms with van der Waals surface area (Å²) in [7, 11) is 0. The number of aryl methyl sites for hydroxylation is 1. The van der Waals surface area contributed by atoms with Crippen LogP contribution in [0.1, 0.15) is 56.2 Å². The maximum absolute atomic E-state index is 13.8. The van der Waals surface area contributed by atoms with E-state index in [-0.39, 0.29) is 24.7 Å². The van der Waals surface area contributed by atoms with Gasteiger partial charge in [0.25, 0.3) is 5.92 Å². The van der Waals surface area contributed by atoms with Crippen molar-refractivity contribution in [1.29, 1.82) is 5.26 Å². The quantitative estimate of drug-likeness (QED) is 0.370.